The van der Waals surface area contributed by atoms with E-state index in [0.29, 0.717) is 0 Å². The largest absolute Gasteiger partial charge is 0.481 e. The summed E-state index contributed by atoms with van der Waals surface area (Å²) in [5.41, 5.74) is -1.11. The van der Waals surface area contributed by atoms with E-state index in [4.69, 9.17) is 5.11 Å². The normalized spacial score (nSPS) is 12.8. The van der Waals surface area contributed by atoms with Crippen molar-refractivity contribution in [1.82, 2.24) is 9.44 Å². The molecule has 0 amide bonds. The number of hydrogen-bond donors (Lipinski definition) is 3. The minimum absolute atomic E-state index is 0.141. The summed E-state index contributed by atoms with van der Waals surface area (Å²) in [7, 11) is -3.56. The summed E-state index contributed by atoms with van der Waals surface area (Å²) in [6.07, 6.45) is 0. The summed E-state index contributed by atoms with van der Waals surface area (Å²) >= 11 is 0. The highest BCUT2D eigenvalue weighted by Gasteiger charge is 2.28. The SMILES string of the molecule is CCNS(=O)(=O)NCC(C)(C)C(=O)O. The molecule has 14 heavy (non-hydrogen) atoms. The summed E-state index contributed by atoms with van der Waals surface area (Å²) in [5.74, 6) is -1.04. The average molecular weight is 224 g/mol. The molecule has 0 aliphatic carbocycles. The lowest BCUT2D eigenvalue weighted by atomic mass is 9.95. The average Bonchev–Trinajstić information content (AvgIpc) is 2.01. The van der Waals surface area contributed by atoms with Crippen LogP contribution in [0.4, 0.5) is 0 Å². The lowest BCUT2D eigenvalue weighted by molar-refractivity contribution is -0.146. The zero-order valence-electron chi connectivity index (χ0n) is 8.49. The first kappa shape index (κ1) is 13.3. The molecule has 0 aliphatic heterocycles. The fraction of sp³-hybridized carbons (Fsp3) is 0.857. The lowest BCUT2D eigenvalue weighted by Gasteiger charge is -2.19. The molecule has 0 heterocycles. The summed E-state index contributed by atoms with van der Waals surface area (Å²) in [4.78, 5) is 10.6. The number of carbonyl (C=O) groups is 1. The van der Waals surface area contributed by atoms with Gasteiger partial charge in [0.15, 0.2) is 0 Å². The Bertz CT molecular complexity index is 297. The van der Waals surface area contributed by atoms with Crippen molar-refractivity contribution in [2.75, 3.05) is 13.1 Å². The van der Waals surface area contributed by atoms with Gasteiger partial charge in [0.1, 0.15) is 0 Å². The highest BCUT2D eigenvalue weighted by molar-refractivity contribution is 7.87. The molecule has 6 nitrogen and oxygen atoms in total. The zero-order valence-corrected chi connectivity index (χ0v) is 9.31. The van der Waals surface area contributed by atoms with Gasteiger partial charge in [-0.25, -0.2) is 9.44 Å². The van der Waals surface area contributed by atoms with Gasteiger partial charge >= 0.3 is 5.97 Å². The molecule has 84 valence electrons. The van der Waals surface area contributed by atoms with Crippen LogP contribution in [0.5, 0.6) is 0 Å². The molecule has 0 rings (SSSR count). The van der Waals surface area contributed by atoms with E-state index in [2.05, 4.69) is 9.44 Å². The third kappa shape index (κ3) is 4.54. The first-order chi connectivity index (χ1) is 6.21. The van der Waals surface area contributed by atoms with Crippen molar-refractivity contribution < 1.29 is 18.3 Å². The molecule has 0 aromatic carbocycles. The van der Waals surface area contributed by atoms with Crippen LogP contribution in [-0.2, 0) is 15.0 Å². The number of carboxylic acid groups (broad SMARTS) is 1. The van der Waals surface area contributed by atoms with E-state index in [1.54, 1.807) is 6.92 Å². The monoisotopic (exact) mass is 224 g/mol. The van der Waals surface area contributed by atoms with Gasteiger partial charge in [0.25, 0.3) is 10.2 Å². The Kier molecular flexibility index (Phi) is 4.50. The highest BCUT2D eigenvalue weighted by atomic mass is 32.2. The Morgan fingerprint density at radius 3 is 2.21 bits per heavy atom. The van der Waals surface area contributed by atoms with Gasteiger partial charge in [-0.15, -0.1) is 0 Å². The van der Waals surface area contributed by atoms with Crippen LogP contribution in [0.1, 0.15) is 20.8 Å². The molecule has 0 atom stereocenters. The number of carboxylic acids is 1. The predicted molar refractivity (Wildman–Crippen MR) is 52.0 cm³/mol. The molecule has 0 radical (unpaired) electrons. The second kappa shape index (κ2) is 4.72. The molecule has 0 unspecified atom stereocenters. The van der Waals surface area contributed by atoms with E-state index in [1.807, 2.05) is 0 Å². The van der Waals surface area contributed by atoms with Gasteiger partial charge in [-0.2, -0.15) is 8.42 Å². The molecule has 3 N–H and O–H groups in total. The highest BCUT2D eigenvalue weighted by Crippen LogP contribution is 2.13. The second-order valence-electron chi connectivity index (χ2n) is 3.51. The van der Waals surface area contributed by atoms with Gasteiger partial charge in [0.05, 0.1) is 5.41 Å². The van der Waals surface area contributed by atoms with E-state index in [1.165, 1.54) is 13.8 Å². The summed E-state index contributed by atoms with van der Waals surface area (Å²) in [5, 5.41) is 8.71. The molecule has 0 aliphatic rings. The molecule has 0 aromatic rings. The van der Waals surface area contributed by atoms with Crippen molar-refractivity contribution in [3.63, 3.8) is 0 Å². The molecule has 0 saturated heterocycles. The van der Waals surface area contributed by atoms with Crippen molar-refractivity contribution in [1.29, 1.82) is 0 Å². The fourth-order valence-electron chi connectivity index (χ4n) is 0.592. The summed E-state index contributed by atoms with van der Waals surface area (Å²) in [6.45, 7) is 4.66. The summed E-state index contributed by atoms with van der Waals surface area (Å²) in [6, 6.07) is 0. The smallest absolute Gasteiger partial charge is 0.310 e. The molecular formula is C7H16N2O4S. The number of rotatable bonds is 6. The van der Waals surface area contributed by atoms with E-state index in [0.717, 1.165) is 0 Å². The lowest BCUT2D eigenvalue weighted by Crippen LogP contribution is -2.43. The standard InChI is InChI=1S/C7H16N2O4S/c1-4-8-14(12,13)9-5-7(2,3)6(10)11/h8-9H,4-5H2,1-3H3,(H,10,11). The maximum atomic E-state index is 11.1. The number of hydrogen-bond acceptors (Lipinski definition) is 3. The van der Waals surface area contributed by atoms with Gasteiger partial charge in [-0.3, -0.25) is 4.79 Å². The summed E-state index contributed by atoms with van der Waals surface area (Å²) < 4.78 is 26.5. The van der Waals surface area contributed by atoms with Crippen LogP contribution in [0, 0.1) is 5.41 Å². The van der Waals surface area contributed by atoms with Crippen molar-refractivity contribution in [3.8, 4) is 0 Å². The Hall–Kier alpha value is -0.660. The molecular weight excluding hydrogens is 208 g/mol. The maximum Gasteiger partial charge on any atom is 0.310 e. The van der Waals surface area contributed by atoms with Gasteiger partial charge in [0.2, 0.25) is 0 Å². The quantitative estimate of drug-likeness (QED) is 0.569. The van der Waals surface area contributed by atoms with E-state index in [9.17, 15) is 13.2 Å². The van der Waals surface area contributed by atoms with Crippen LogP contribution >= 0.6 is 0 Å². The Morgan fingerprint density at radius 1 is 1.36 bits per heavy atom. The predicted octanol–water partition coefficient (Wildman–Crippen LogP) is -0.459. The van der Waals surface area contributed by atoms with Crippen LogP contribution in [0.2, 0.25) is 0 Å². The topological polar surface area (TPSA) is 95.5 Å². The first-order valence-electron chi connectivity index (χ1n) is 4.19. The molecule has 0 fully saturated rings. The molecule has 7 heteroatoms. The van der Waals surface area contributed by atoms with E-state index >= 15 is 0 Å². The Balaban J connectivity index is 4.26. The van der Waals surface area contributed by atoms with Crippen molar-refractivity contribution in [3.05, 3.63) is 0 Å². The van der Waals surface area contributed by atoms with Crippen molar-refractivity contribution in [2.45, 2.75) is 20.8 Å². The number of nitrogens with one attached hydrogen (secondary N) is 2. The molecule has 0 spiro atoms. The van der Waals surface area contributed by atoms with E-state index < -0.39 is 21.6 Å². The minimum Gasteiger partial charge on any atom is -0.481 e. The molecule has 0 aromatic heterocycles. The third-order valence-electron chi connectivity index (χ3n) is 1.62. The molecule has 0 bridgehead atoms. The van der Waals surface area contributed by atoms with Gasteiger partial charge in [0, 0.05) is 13.1 Å². The maximum absolute atomic E-state index is 11.1. The third-order valence-corrected chi connectivity index (χ3v) is 2.81. The first-order valence-corrected chi connectivity index (χ1v) is 5.67. The van der Waals surface area contributed by atoms with Crippen LogP contribution < -0.4 is 9.44 Å². The van der Waals surface area contributed by atoms with Crippen LogP contribution in [0.25, 0.3) is 0 Å². The van der Waals surface area contributed by atoms with E-state index in [-0.39, 0.29) is 13.1 Å². The van der Waals surface area contributed by atoms with Crippen LogP contribution in [0.15, 0.2) is 0 Å². The Morgan fingerprint density at radius 2 is 1.86 bits per heavy atom. The van der Waals surface area contributed by atoms with Gasteiger partial charge < -0.3 is 5.11 Å². The number of aliphatic carboxylic acids is 1. The van der Waals surface area contributed by atoms with Crippen LogP contribution in [0.3, 0.4) is 0 Å². The molecule has 0 saturated carbocycles. The minimum atomic E-state index is -3.56. The fourth-order valence-corrected chi connectivity index (χ4v) is 1.63. The van der Waals surface area contributed by atoms with Crippen molar-refractivity contribution in [2.24, 2.45) is 5.41 Å². The van der Waals surface area contributed by atoms with Gasteiger partial charge in [-0.05, 0) is 13.8 Å². The van der Waals surface area contributed by atoms with Crippen molar-refractivity contribution >= 4 is 16.2 Å². The van der Waals surface area contributed by atoms with Gasteiger partial charge in [-0.1, -0.05) is 6.92 Å². The Labute approximate surface area is 83.9 Å². The zero-order chi connectivity index (χ0) is 11.4. The second-order valence-corrected chi connectivity index (χ2v) is 5.10. The van der Waals surface area contributed by atoms with Crippen LogP contribution in [-0.4, -0.2) is 32.6 Å².